The van der Waals surface area contributed by atoms with Gasteiger partial charge in [0.2, 0.25) is 0 Å². The lowest BCUT2D eigenvalue weighted by Gasteiger charge is -2.21. The zero-order chi connectivity index (χ0) is 28.3. The average molecular weight is 546 g/mol. The molecule has 41 heavy (non-hydrogen) atoms. The van der Waals surface area contributed by atoms with Crippen LogP contribution in [-0.2, 0) is 20.0 Å². The SMILES string of the molecule is COc1ccc([C@@H]2CN(Cc3ccccc3)C[C@H]2NC(=O)c2ccc3cnc(Cc4cc(C)nn4C)cc3c2)cc1. The first-order valence-electron chi connectivity index (χ1n) is 14.0. The van der Waals surface area contributed by atoms with E-state index in [1.807, 2.05) is 61.2 Å². The lowest BCUT2D eigenvalue weighted by atomic mass is 9.94. The van der Waals surface area contributed by atoms with Gasteiger partial charge in [-0.15, -0.1) is 0 Å². The molecule has 5 aromatic rings. The van der Waals surface area contributed by atoms with Gasteiger partial charge in [0.15, 0.2) is 0 Å². The number of carbonyl (C=O) groups excluding carboxylic acids is 1. The number of hydrogen-bond acceptors (Lipinski definition) is 5. The number of aryl methyl sites for hydroxylation is 2. The number of hydrogen-bond donors (Lipinski definition) is 1. The van der Waals surface area contributed by atoms with Crippen LogP contribution in [0.5, 0.6) is 5.75 Å². The van der Waals surface area contributed by atoms with E-state index in [-0.39, 0.29) is 17.9 Å². The van der Waals surface area contributed by atoms with Crippen molar-refractivity contribution in [3.05, 3.63) is 125 Å². The van der Waals surface area contributed by atoms with Gasteiger partial charge in [0.05, 0.1) is 12.8 Å². The van der Waals surface area contributed by atoms with Gasteiger partial charge in [0, 0.05) is 73.6 Å². The van der Waals surface area contributed by atoms with Crippen molar-refractivity contribution in [2.24, 2.45) is 7.05 Å². The molecule has 3 heterocycles. The highest BCUT2D eigenvalue weighted by Gasteiger charge is 2.35. The van der Waals surface area contributed by atoms with Crippen molar-refractivity contribution < 1.29 is 9.53 Å². The van der Waals surface area contributed by atoms with Crippen LogP contribution in [-0.4, -0.2) is 51.8 Å². The number of ether oxygens (including phenoxy) is 1. The van der Waals surface area contributed by atoms with Crippen LogP contribution in [0.2, 0.25) is 0 Å². The van der Waals surface area contributed by atoms with E-state index in [0.717, 1.165) is 53.2 Å². The minimum Gasteiger partial charge on any atom is -0.497 e. The quantitative estimate of drug-likeness (QED) is 0.288. The van der Waals surface area contributed by atoms with E-state index in [2.05, 4.69) is 68.8 Å². The number of aromatic nitrogens is 3. The Morgan fingerprint density at radius 3 is 2.51 bits per heavy atom. The topological polar surface area (TPSA) is 72.3 Å². The zero-order valence-electron chi connectivity index (χ0n) is 23.7. The third-order valence-electron chi connectivity index (χ3n) is 8.01. The zero-order valence-corrected chi connectivity index (χ0v) is 23.7. The molecule has 1 fully saturated rings. The largest absolute Gasteiger partial charge is 0.497 e. The van der Waals surface area contributed by atoms with Crippen LogP contribution in [0.25, 0.3) is 10.8 Å². The average Bonchev–Trinajstić information content (AvgIpc) is 3.53. The second kappa shape index (κ2) is 11.6. The third kappa shape index (κ3) is 6.00. The van der Waals surface area contributed by atoms with E-state index >= 15 is 0 Å². The summed E-state index contributed by atoms with van der Waals surface area (Å²) in [5.41, 5.74) is 6.17. The number of carbonyl (C=O) groups is 1. The van der Waals surface area contributed by atoms with Crippen molar-refractivity contribution in [3.63, 3.8) is 0 Å². The predicted molar refractivity (Wildman–Crippen MR) is 161 cm³/mol. The molecule has 1 amide bonds. The molecule has 2 aromatic heterocycles. The lowest BCUT2D eigenvalue weighted by Crippen LogP contribution is -2.39. The van der Waals surface area contributed by atoms with Crippen LogP contribution >= 0.6 is 0 Å². The maximum atomic E-state index is 13.6. The first-order chi connectivity index (χ1) is 19.9. The molecule has 0 aliphatic carbocycles. The highest BCUT2D eigenvalue weighted by molar-refractivity contribution is 5.98. The number of likely N-dealkylation sites (tertiary alicyclic amines) is 1. The molecule has 208 valence electrons. The van der Waals surface area contributed by atoms with Gasteiger partial charge >= 0.3 is 0 Å². The second-order valence-corrected chi connectivity index (χ2v) is 11.0. The monoisotopic (exact) mass is 545 g/mol. The molecule has 6 rings (SSSR count). The van der Waals surface area contributed by atoms with Gasteiger partial charge in [-0.2, -0.15) is 5.10 Å². The number of benzene rings is 3. The van der Waals surface area contributed by atoms with E-state index in [0.29, 0.717) is 12.0 Å². The van der Waals surface area contributed by atoms with Gasteiger partial charge in [-0.05, 0) is 59.8 Å². The summed E-state index contributed by atoms with van der Waals surface area (Å²) in [5, 5.41) is 9.84. The Morgan fingerprint density at radius 1 is 0.976 bits per heavy atom. The summed E-state index contributed by atoms with van der Waals surface area (Å²) in [6, 6.07) is 28.7. The minimum atomic E-state index is -0.0578. The molecule has 7 heteroatoms. The van der Waals surface area contributed by atoms with Crippen molar-refractivity contribution in [1.29, 1.82) is 0 Å². The molecule has 1 aliphatic heterocycles. The van der Waals surface area contributed by atoms with Crippen LogP contribution in [0.15, 0.2) is 91.1 Å². The number of methoxy groups -OCH3 is 1. The predicted octanol–water partition coefficient (Wildman–Crippen LogP) is 5.27. The molecule has 7 nitrogen and oxygen atoms in total. The van der Waals surface area contributed by atoms with Gasteiger partial charge in [-0.25, -0.2) is 0 Å². The highest BCUT2D eigenvalue weighted by Crippen LogP contribution is 2.30. The van der Waals surface area contributed by atoms with Gasteiger partial charge in [0.1, 0.15) is 5.75 Å². The van der Waals surface area contributed by atoms with Crippen molar-refractivity contribution in [1.82, 2.24) is 25.0 Å². The maximum absolute atomic E-state index is 13.6. The number of fused-ring (bicyclic) bond motifs is 1. The summed E-state index contributed by atoms with van der Waals surface area (Å²) in [4.78, 5) is 20.7. The van der Waals surface area contributed by atoms with Crippen LogP contribution in [0, 0.1) is 6.92 Å². The molecule has 2 atom stereocenters. The molecule has 1 N–H and O–H groups in total. The van der Waals surface area contributed by atoms with E-state index < -0.39 is 0 Å². The molecule has 1 aliphatic rings. The minimum absolute atomic E-state index is 0.0172. The molecule has 0 radical (unpaired) electrons. The van der Waals surface area contributed by atoms with E-state index in [1.54, 1.807) is 7.11 Å². The Balaban J connectivity index is 1.22. The van der Waals surface area contributed by atoms with Gasteiger partial charge < -0.3 is 10.1 Å². The summed E-state index contributed by atoms with van der Waals surface area (Å²) in [5.74, 6) is 0.946. The number of rotatable bonds is 8. The molecular formula is C34H35N5O2. The van der Waals surface area contributed by atoms with Crippen LogP contribution in [0.3, 0.4) is 0 Å². The second-order valence-electron chi connectivity index (χ2n) is 11.0. The summed E-state index contributed by atoms with van der Waals surface area (Å²) in [6.45, 7) is 4.49. The van der Waals surface area contributed by atoms with E-state index in [1.165, 1.54) is 11.1 Å². The van der Waals surface area contributed by atoms with Gasteiger partial charge in [-0.3, -0.25) is 19.4 Å². The van der Waals surface area contributed by atoms with Gasteiger partial charge in [0.25, 0.3) is 5.91 Å². The van der Waals surface area contributed by atoms with Gasteiger partial charge in [-0.1, -0.05) is 48.5 Å². The molecular weight excluding hydrogens is 510 g/mol. The Hall–Kier alpha value is -4.49. The summed E-state index contributed by atoms with van der Waals surface area (Å²) < 4.78 is 7.27. The molecule has 0 spiro atoms. The lowest BCUT2D eigenvalue weighted by molar-refractivity contribution is 0.0935. The number of nitrogens with zero attached hydrogens (tertiary/aromatic N) is 4. The number of nitrogens with one attached hydrogen (secondary N) is 1. The Labute approximate surface area is 240 Å². The van der Waals surface area contributed by atoms with Crippen LogP contribution < -0.4 is 10.1 Å². The molecule has 0 bridgehead atoms. The van der Waals surface area contributed by atoms with Crippen molar-refractivity contribution in [2.45, 2.75) is 31.8 Å². The van der Waals surface area contributed by atoms with Crippen molar-refractivity contribution >= 4 is 16.7 Å². The number of amides is 1. The third-order valence-corrected chi connectivity index (χ3v) is 8.01. The number of pyridine rings is 1. The Morgan fingerprint density at radius 2 is 1.78 bits per heavy atom. The summed E-state index contributed by atoms with van der Waals surface area (Å²) >= 11 is 0. The first kappa shape index (κ1) is 26.7. The van der Waals surface area contributed by atoms with Crippen LogP contribution in [0.4, 0.5) is 0 Å². The standard InChI is InChI=1S/C34H35N5O2/c1-23-15-30(38(2)37-23)18-29-17-28-16-26(9-10-27(28)19-35-29)34(40)36-33-22-39(20-24-7-5-4-6-8-24)21-32(33)25-11-13-31(41-3)14-12-25/h4-17,19,32-33H,18,20-22H2,1-3H3,(H,36,40)/t32-,33+/m0/s1. The fraction of sp³-hybridized carbons (Fsp3) is 0.265. The fourth-order valence-electron chi connectivity index (χ4n) is 5.88. The summed E-state index contributed by atoms with van der Waals surface area (Å²) in [7, 11) is 3.63. The Kier molecular flexibility index (Phi) is 7.53. The van der Waals surface area contributed by atoms with Crippen molar-refractivity contribution in [3.8, 4) is 5.75 Å². The van der Waals surface area contributed by atoms with E-state index in [9.17, 15) is 4.79 Å². The molecule has 1 saturated heterocycles. The normalized spacial score (nSPS) is 17.1. The first-order valence-corrected chi connectivity index (χ1v) is 14.0. The Bertz CT molecular complexity index is 1660. The summed E-state index contributed by atoms with van der Waals surface area (Å²) in [6.07, 6.45) is 2.57. The maximum Gasteiger partial charge on any atom is 0.251 e. The molecule has 0 unspecified atom stereocenters. The fourth-order valence-corrected chi connectivity index (χ4v) is 5.88. The molecule has 3 aromatic carbocycles. The van der Waals surface area contributed by atoms with Crippen molar-refractivity contribution in [2.75, 3.05) is 20.2 Å². The molecule has 0 saturated carbocycles. The smallest absolute Gasteiger partial charge is 0.251 e. The van der Waals surface area contributed by atoms with Crippen LogP contribution in [0.1, 0.15) is 44.5 Å². The van der Waals surface area contributed by atoms with E-state index in [4.69, 9.17) is 4.74 Å². The highest BCUT2D eigenvalue weighted by atomic mass is 16.5.